The molecule has 5 aliphatic heterocycles. The van der Waals surface area contributed by atoms with Gasteiger partial charge in [-0.05, 0) is 93.7 Å². The van der Waals surface area contributed by atoms with Crippen molar-refractivity contribution >= 4 is 69.3 Å². The highest BCUT2D eigenvalue weighted by molar-refractivity contribution is 6.33. The van der Waals surface area contributed by atoms with E-state index in [1.54, 1.807) is 28.8 Å². The highest BCUT2D eigenvalue weighted by atomic mass is 35.5. The molecule has 1 unspecified atom stereocenters. The summed E-state index contributed by atoms with van der Waals surface area (Å²) in [6, 6.07) is 10.4. The number of carbonyl (C=O) groups is 4. The maximum absolute atomic E-state index is 13.4. The minimum Gasteiger partial charge on any atom is -0.494 e. The molecule has 0 bridgehead atoms. The zero-order valence-corrected chi connectivity index (χ0v) is 37.5. The van der Waals surface area contributed by atoms with E-state index in [9.17, 15) is 24.0 Å². The van der Waals surface area contributed by atoms with Gasteiger partial charge in [0.2, 0.25) is 17.8 Å². The van der Waals surface area contributed by atoms with E-state index in [1.165, 1.54) is 7.05 Å². The Labute approximate surface area is 376 Å². The number of ether oxygens (including phenoxy) is 2. The maximum Gasteiger partial charge on any atom is 0.293 e. The Bertz CT molecular complexity index is 2560. The van der Waals surface area contributed by atoms with Crippen molar-refractivity contribution in [2.75, 3.05) is 81.7 Å². The number of nitrogens with one attached hydrogen (secondary N) is 3. The fourth-order valence-corrected chi connectivity index (χ4v) is 10.4. The van der Waals surface area contributed by atoms with Crippen LogP contribution < -0.4 is 40.8 Å². The SMILES string of the molecule is CNC(=O)COc1cc2cc(Nc3nc(N4CCC(CN5CC6(CCN(c7ccc8c(c7OC)CN(C7CCC(=O)NC7=O)C8=O)CC6)C5)CC4)ncc3Cl)ccc2n(C(C)C)c1=O. The highest BCUT2D eigenvalue weighted by Crippen LogP contribution is 2.46. The van der Waals surface area contributed by atoms with Crippen molar-refractivity contribution in [3.63, 3.8) is 0 Å². The smallest absolute Gasteiger partial charge is 0.293 e. The van der Waals surface area contributed by atoms with Crippen LogP contribution in [0, 0.1) is 11.3 Å². The van der Waals surface area contributed by atoms with Crippen LogP contribution in [0.5, 0.6) is 11.5 Å². The first kappa shape index (κ1) is 43.3. The zero-order chi connectivity index (χ0) is 44.9. The van der Waals surface area contributed by atoms with Gasteiger partial charge < -0.3 is 44.3 Å². The Morgan fingerprint density at radius 3 is 2.47 bits per heavy atom. The van der Waals surface area contributed by atoms with Crippen LogP contribution >= 0.6 is 11.6 Å². The van der Waals surface area contributed by atoms with Gasteiger partial charge in [0.1, 0.15) is 16.8 Å². The summed E-state index contributed by atoms with van der Waals surface area (Å²) in [5.74, 6) is 1.24. The second-order valence-electron chi connectivity index (χ2n) is 18.1. The molecule has 5 aliphatic rings. The van der Waals surface area contributed by atoms with Gasteiger partial charge in [-0.3, -0.25) is 29.3 Å². The molecule has 9 rings (SSSR count). The van der Waals surface area contributed by atoms with Crippen molar-refractivity contribution in [3.05, 3.63) is 69.1 Å². The van der Waals surface area contributed by atoms with Crippen LogP contribution in [0.2, 0.25) is 5.02 Å². The lowest BCUT2D eigenvalue weighted by Crippen LogP contribution is -2.61. The molecule has 1 atom stereocenters. The molecule has 64 heavy (non-hydrogen) atoms. The summed E-state index contributed by atoms with van der Waals surface area (Å²) >= 11 is 6.62. The van der Waals surface area contributed by atoms with Gasteiger partial charge in [-0.25, -0.2) is 4.98 Å². The number of piperidine rings is 3. The Kier molecular flexibility index (Phi) is 11.9. The lowest BCUT2D eigenvalue weighted by molar-refractivity contribution is -0.137. The first-order valence-electron chi connectivity index (χ1n) is 22.2. The lowest BCUT2D eigenvalue weighted by atomic mass is 9.71. The number of halogens is 1. The van der Waals surface area contributed by atoms with Crippen LogP contribution in [0.3, 0.4) is 0 Å². The van der Waals surface area contributed by atoms with Gasteiger partial charge in [0.05, 0.1) is 31.1 Å². The minimum absolute atomic E-state index is 0.0977. The Balaban J connectivity index is 0.772. The quantitative estimate of drug-likeness (QED) is 0.170. The van der Waals surface area contributed by atoms with E-state index in [2.05, 4.69) is 35.6 Å². The Morgan fingerprint density at radius 2 is 1.77 bits per heavy atom. The number of anilines is 4. The summed E-state index contributed by atoms with van der Waals surface area (Å²) in [6.07, 6.45) is 6.42. The van der Waals surface area contributed by atoms with Gasteiger partial charge in [-0.2, -0.15) is 4.98 Å². The monoisotopic (exact) mass is 894 g/mol. The molecule has 4 saturated heterocycles. The average Bonchev–Trinajstić information content (AvgIpc) is 3.61. The van der Waals surface area contributed by atoms with Crippen LogP contribution in [-0.4, -0.2) is 121 Å². The number of likely N-dealkylation sites (N-methyl/N-ethyl adjacent to an activating group) is 1. The minimum atomic E-state index is -0.663. The van der Waals surface area contributed by atoms with Crippen LogP contribution in [0.15, 0.2) is 47.4 Å². The van der Waals surface area contributed by atoms with Crippen LogP contribution in [-0.2, 0) is 20.9 Å². The Hall–Kier alpha value is -5.94. The largest absolute Gasteiger partial charge is 0.494 e. The number of benzene rings is 2. The number of hydrogen-bond donors (Lipinski definition) is 3. The van der Waals surface area contributed by atoms with E-state index in [0.717, 1.165) is 99.3 Å². The summed E-state index contributed by atoms with van der Waals surface area (Å²) in [5.41, 5.74) is 3.82. The molecule has 0 saturated carbocycles. The van der Waals surface area contributed by atoms with E-state index in [1.807, 2.05) is 44.2 Å². The third-order valence-corrected chi connectivity index (χ3v) is 14.0. The molecule has 4 amide bonds. The van der Waals surface area contributed by atoms with Crippen molar-refractivity contribution in [3.8, 4) is 11.5 Å². The predicted molar refractivity (Wildman–Crippen MR) is 243 cm³/mol. The van der Waals surface area contributed by atoms with Crippen molar-refractivity contribution in [2.24, 2.45) is 11.3 Å². The molecule has 4 fully saturated rings. The topological polar surface area (TPSA) is 184 Å². The van der Waals surface area contributed by atoms with Gasteiger partial charge in [0.15, 0.2) is 18.2 Å². The molecular formula is C46H55ClN10O7. The summed E-state index contributed by atoms with van der Waals surface area (Å²) in [7, 11) is 3.16. The summed E-state index contributed by atoms with van der Waals surface area (Å²) < 4.78 is 13.2. The summed E-state index contributed by atoms with van der Waals surface area (Å²) in [5, 5.41) is 9.39. The number of rotatable bonds is 12. The number of imide groups is 1. The average molecular weight is 895 g/mol. The molecule has 338 valence electrons. The number of fused-ring (bicyclic) bond motifs is 2. The molecule has 17 nitrogen and oxygen atoms in total. The summed E-state index contributed by atoms with van der Waals surface area (Å²) in [4.78, 5) is 81.1. The number of amides is 4. The van der Waals surface area contributed by atoms with Gasteiger partial charge in [-0.15, -0.1) is 0 Å². The first-order valence-corrected chi connectivity index (χ1v) is 22.6. The number of pyridine rings is 1. The van der Waals surface area contributed by atoms with E-state index >= 15 is 0 Å². The lowest BCUT2D eigenvalue weighted by Gasteiger charge is -2.55. The zero-order valence-electron chi connectivity index (χ0n) is 36.7. The van der Waals surface area contributed by atoms with E-state index in [-0.39, 0.29) is 54.6 Å². The second kappa shape index (κ2) is 17.6. The molecule has 0 aliphatic carbocycles. The van der Waals surface area contributed by atoms with Crippen molar-refractivity contribution in [1.29, 1.82) is 0 Å². The maximum atomic E-state index is 13.4. The number of likely N-dealkylation sites (tertiary alicyclic amines) is 1. The third kappa shape index (κ3) is 8.30. The molecule has 18 heteroatoms. The van der Waals surface area contributed by atoms with Crippen molar-refractivity contribution in [2.45, 2.75) is 71.0 Å². The summed E-state index contributed by atoms with van der Waals surface area (Å²) in [6.45, 7) is 10.7. The molecule has 7 heterocycles. The highest BCUT2D eigenvalue weighted by Gasteiger charge is 2.46. The fraction of sp³-hybridized carbons (Fsp3) is 0.500. The molecule has 0 radical (unpaired) electrons. The van der Waals surface area contributed by atoms with Gasteiger partial charge >= 0.3 is 0 Å². The molecular weight excluding hydrogens is 840 g/mol. The van der Waals surface area contributed by atoms with Gasteiger partial charge in [0, 0.05) is 87.5 Å². The number of methoxy groups -OCH3 is 1. The number of hydrogen-bond acceptors (Lipinski definition) is 13. The number of carbonyl (C=O) groups excluding carboxylic acids is 4. The third-order valence-electron chi connectivity index (χ3n) is 13.7. The standard InChI is InChI=1S/C46H55ClN10O7/c1-27(2)57-34-7-5-30(19-29(34)20-37(44(57)62)64-24-39(59)48-3)50-41-33(47)21-49-45(52-41)55-15-11-28(12-16-55)22-53-25-46(26-53)13-17-54(18-14-46)35-8-6-31-32(40(35)63-4)23-56(43(31)61)36-9-10-38(58)51-42(36)60/h5-8,19-21,27-28,36H,9-18,22-26H2,1-4H3,(H,48,59)(H,49,50,52)(H,51,58,60). The van der Waals surface area contributed by atoms with Crippen LogP contribution in [0.1, 0.15) is 74.3 Å². The van der Waals surface area contributed by atoms with Crippen LogP contribution in [0.4, 0.5) is 23.1 Å². The van der Waals surface area contributed by atoms with E-state index < -0.39 is 11.9 Å². The normalized spacial score (nSPS) is 20.1. The van der Waals surface area contributed by atoms with Gasteiger partial charge in [0.25, 0.3) is 17.4 Å². The van der Waals surface area contributed by atoms with Gasteiger partial charge in [-0.1, -0.05) is 11.6 Å². The number of aromatic nitrogens is 3. The fourth-order valence-electron chi connectivity index (χ4n) is 10.3. The molecule has 4 aromatic rings. The Morgan fingerprint density at radius 1 is 1.00 bits per heavy atom. The molecule has 2 aromatic heterocycles. The van der Waals surface area contributed by atoms with Crippen molar-refractivity contribution in [1.82, 2.24) is 35.0 Å². The molecule has 1 spiro atoms. The number of nitrogens with zero attached hydrogens (tertiary/aromatic N) is 7. The van der Waals surface area contributed by atoms with Crippen molar-refractivity contribution < 1.29 is 28.7 Å². The second-order valence-corrected chi connectivity index (χ2v) is 18.5. The molecule has 3 N–H and O–H groups in total. The van der Waals surface area contributed by atoms with E-state index in [0.29, 0.717) is 45.9 Å². The first-order chi connectivity index (χ1) is 30.8. The van der Waals surface area contributed by atoms with Crippen LogP contribution in [0.25, 0.3) is 10.9 Å². The molecule has 2 aromatic carbocycles. The predicted octanol–water partition coefficient (Wildman–Crippen LogP) is 4.48. The van der Waals surface area contributed by atoms with E-state index in [4.69, 9.17) is 26.1 Å².